The standard InChI is InChI=1S/C15H18BrN3O3/c1-15-6-9(17-10(15)7-15)14(21)19-12-4-8(3-11(16)18-12)5-13(20)22-2/h3-4,9-10,17H,5-7H2,1-2H3,(H,18,19,21)/t9-,10+,15-/m0/s1. The third kappa shape index (κ3) is 3.15. The summed E-state index contributed by atoms with van der Waals surface area (Å²) >= 11 is 3.29. The van der Waals surface area contributed by atoms with Crippen LogP contribution >= 0.6 is 15.9 Å². The number of hydrogen-bond acceptors (Lipinski definition) is 5. The number of amides is 1. The number of aromatic nitrogens is 1. The summed E-state index contributed by atoms with van der Waals surface area (Å²) in [6, 6.07) is 3.72. The normalized spacial score (nSPS) is 28.9. The second kappa shape index (κ2) is 5.62. The van der Waals surface area contributed by atoms with Crippen LogP contribution in [0, 0.1) is 5.41 Å². The Kier molecular flexibility index (Phi) is 3.94. The number of anilines is 1. The third-order valence-corrected chi connectivity index (χ3v) is 4.83. The van der Waals surface area contributed by atoms with Crippen molar-refractivity contribution in [2.24, 2.45) is 5.41 Å². The average Bonchev–Trinajstić information content (AvgIpc) is 2.95. The first kappa shape index (κ1) is 15.4. The molecule has 0 spiro atoms. The maximum Gasteiger partial charge on any atom is 0.309 e. The van der Waals surface area contributed by atoms with Gasteiger partial charge < -0.3 is 15.4 Å². The minimum absolute atomic E-state index is 0.0805. The van der Waals surface area contributed by atoms with Gasteiger partial charge in [-0.25, -0.2) is 4.98 Å². The van der Waals surface area contributed by atoms with Crippen molar-refractivity contribution in [1.82, 2.24) is 10.3 Å². The van der Waals surface area contributed by atoms with Crippen molar-refractivity contribution in [1.29, 1.82) is 0 Å². The molecule has 2 N–H and O–H groups in total. The van der Waals surface area contributed by atoms with E-state index in [1.807, 2.05) is 0 Å². The molecule has 118 valence electrons. The summed E-state index contributed by atoms with van der Waals surface area (Å²) in [7, 11) is 1.35. The first-order chi connectivity index (χ1) is 10.4. The minimum Gasteiger partial charge on any atom is -0.469 e. The van der Waals surface area contributed by atoms with Crippen molar-refractivity contribution in [2.45, 2.75) is 38.3 Å². The van der Waals surface area contributed by atoms with Crippen LogP contribution in [-0.4, -0.2) is 36.1 Å². The molecule has 1 saturated heterocycles. The number of nitrogens with one attached hydrogen (secondary N) is 2. The van der Waals surface area contributed by atoms with E-state index in [2.05, 4.69) is 43.2 Å². The predicted octanol–water partition coefficient (Wildman–Crippen LogP) is 1.64. The van der Waals surface area contributed by atoms with Crippen LogP contribution < -0.4 is 10.6 Å². The number of piperidine rings is 1. The molecular weight excluding hydrogens is 350 g/mol. The van der Waals surface area contributed by atoms with Gasteiger partial charge in [0.1, 0.15) is 10.4 Å². The van der Waals surface area contributed by atoms with E-state index in [1.165, 1.54) is 7.11 Å². The third-order valence-electron chi connectivity index (χ3n) is 4.42. The van der Waals surface area contributed by atoms with Crippen molar-refractivity contribution >= 4 is 33.6 Å². The van der Waals surface area contributed by atoms with E-state index in [0.29, 0.717) is 16.5 Å². The quantitative estimate of drug-likeness (QED) is 0.624. The highest BCUT2D eigenvalue weighted by atomic mass is 79.9. The summed E-state index contributed by atoms with van der Waals surface area (Å²) in [5.41, 5.74) is 1.01. The fourth-order valence-corrected chi connectivity index (χ4v) is 3.48. The highest BCUT2D eigenvalue weighted by Crippen LogP contribution is 2.53. The Bertz CT molecular complexity index is 636. The van der Waals surface area contributed by atoms with Crippen LogP contribution in [0.4, 0.5) is 5.82 Å². The van der Waals surface area contributed by atoms with Crippen LogP contribution in [0.15, 0.2) is 16.7 Å². The van der Waals surface area contributed by atoms with Gasteiger partial charge in [0, 0.05) is 6.04 Å². The summed E-state index contributed by atoms with van der Waals surface area (Å²) < 4.78 is 5.22. The SMILES string of the molecule is COC(=O)Cc1cc(Br)nc(NC(=O)[C@@H]2C[C@@]3(C)C[C@H]3N2)c1. The lowest BCUT2D eigenvalue weighted by molar-refractivity contribution is -0.139. The van der Waals surface area contributed by atoms with Crippen molar-refractivity contribution in [3.63, 3.8) is 0 Å². The van der Waals surface area contributed by atoms with Gasteiger partial charge in [-0.05, 0) is 51.9 Å². The van der Waals surface area contributed by atoms with E-state index in [9.17, 15) is 9.59 Å². The number of pyridine rings is 1. The van der Waals surface area contributed by atoms with Gasteiger partial charge in [-0.2, -0.15) is 0 Å². The molecule has 0 unspecified atom stereocenters. The Morgan fingerprint density at radius 1 is 1.50 bits per heavy atom. The number of carbonyl (C=O) groups is 2. The topological polar surface area (TPSA) is 80.3 Å². The molecule has 6 nitrogen and oxygen atoms in total. The molecule has 3 atom stereocenters. The van der Waals surface area contributed by atoms with Crippen LogP contribution in [-0.2, 0) is 20.7 Å². The Hall–Kier alpha value is -1.47. The molecule has 3 rings (SSSR count). The lowest BCUT2D eigenvalue weighted by Gasteiger charge is -2.14. The molecule has 7 heteroatoms. The number of halogens is 1. The lowest BCUT2D eigenvalue weighted by atomic mass is 10.0. The van der Waals surface area contributed by atoms with Crippen molar-refractivity contribution < 1.29 is 14.3 Å². The number of nitrogens with zero attached hydrogens (tertiary/aromatic N) is 1. The zero-order valence-electron chi connectivity index (χ0n) is 12.5. The summed E-state index contributed by atoms with van der Waals surface area (Å²) in [6.45, 7) is 2.20. The van der Waals surface area contributed by atoms with Gasteiger partial charge in [0.05, 0.1) is 19.6 Å². The molecule has 22 heavy (non-hydrogen) atoms. The second-order valence-corrected chi connectivity index (χ2v) is 7.07. The van der Waals surface area contributed by atoms with Crippen LogP contribution in [0.25, 0.3) is 0 Å². The van der Waals surface area contributed by atoms with Gasteiger partial charge >= 0.3 is 5.97 Å². The van der Waals surface area contributed by atoms with Gasteiger partial charge in [0.2, 0.25) is 5.91 Å². The summed E-state index contributed by atoms with van der Waals surface area (Å²) in [6.07, 6.45) is 2.14. The molecule has 2 fully saturated rings. The van der Waals surface area contributed by atoms with E-state index in [0.717, 1.165) is 18.4 Å². The molecule has 0 bridgehead atoms. The Morgan fingerprint density at radius 3 is 2.91 bits per heavy atom. The Morgan fingerprint density at radius 2 is 2.27 bits per heavy atom. The Balaban J connectivity index is 1.66. The summed E-state index contributed by atoms with van der Waals surface area (Å²) in [5, 5.41) is 6.15. The highest BCUT2D eigenvalue weighted by molar-refractivity contribution is 9.10. The molecule has 1 aliphatic carbocycles. The largest absolute Gasteiger partial charge is 0.469 e. The number of fused-ring (bicyclic) bond motifs is 1. The molecule has 1 aromatic rings. The van der Waals surface area contributed by atoms with Crippen LogP contribution in [0.5, 0.6) is 0 Å². The van der Waals surface area contributed by atoms with Gasteiger partial charge in [0.15, 0.2) is 0 Å². The smallest absolute Gasteiger partial charge is 0.309 e. The van der Waals surface area contributed by atoms with Crippen molar-refractivity contribution in [3.05, 3.63) is 22.3 Å². The van der Waals surface area contributed by atoms with Gasteiger partial charge in [-0.1, -0.05) is 6.92 Å². The lowest BCUT2D eigenvalue weighted by Crippen LogP contribution is -2.38. The maximum atomic E-state index is 12.3. The van der Waals surface area contributed by atoms with Crippen molar-refractivity contribution in [2.75, 3.05) is 12.4 Å². The molecule has 0 aromatic carbocycles. The van der Waals surface area contributed by atoms with E-state index in [-0.39, 0.29) is 29.8 Å². The molecule has 1 aliphatic heterocycles. The fraction of sp³-hybridized carbons (Fsp3) is 0.533. The van der Waals surface area contributed by atoms with E-state index in [1.54, 1.807) is 12.1 Å². The highest BCUT2D eigenvalue weighted by Gasteiger charge is 2.58. The average molecular weight is 368 g/mol. The Labute approximate surface area is 137 Å². The second-order valence-electron chi connectivity index (χ2n) is 6.26. The predicted molar refractivity (Wildman–Crippen MR) is 84.3 cm³/mol. The van der Waals surface area contributed by atoms with Crippen molar-refractivity contribution in [3.8, 4) is 0 Å². The number of hydrogen-bond donors (Lipinski definition) is 2. The van der Waals surface area contributed by atoms with Crippen LogP contribution in [0.2, 0.25) is 0 Å². The maximum absolute atomic E-state index is 12.3. The van der Waals surface area contributed by atoms with Crippen LogP contribution in [0.1, 0.15) is 25.3 Å². The molecule has 1 amide bonds. The number of methoxy groups -OCH3 is 1. The fourth-order valence-electron chi connectivity index (χ4n) is 3.00. The molecule has 1 aromatic heterocycles. The molecule has 1 saturated carbocycles. The van der Waals surface area contributed by atoms with E-state index < -0.39 is 0 Å². The monoisotopic (exact) mass is 367 g/mol. The summed E-state index contributed by atoms with van der Waals surface area (Å²) in [4.78, 5) is 27.9. The molecule has 2 aliphatic rings. The first-order valence-corrected chi connectivity index (χ1v) is 7.99. The number of carbonyl (C=O) groups excluding carboxylic acids is 2. The molecule has 0 radical (unpaired) electrons. The zero-order valence-corrected chi connectivity index (χ0v) is 14.1. The zero-order chi connectivity index (χ0) is 15.9. The van der Waals surface area contributed by atoms with E-state index in [4.69, 9.17) is 0 Å². The number of esters is 1. The van der Waals surface area contributed by atoms with Gasteiger partial charge in [0.25, 0.3) is 0 Å². The minimum atomic E-state index is -0.333. The van der Waals surface area contributed by atoms with E-state index >= 15 is 0 Å². The molecule has 2 heterocycles. The summed E-state index contributed by atoms with van der Waals surface area (Å²) in [5.74, 6) is 0.0229. The molecular formula is C15H18BrN3O3. The van der Waals surface area contributed by atoms with Gasteiger partial charge in [-0.3, -0.25) is 9.59 Å². The van der Waals surface area contributed by atoms with Gasteiger partial charge in [-0.15, -0.1) is 0 Å². The first-order valence-electron chi connectivity index (χ1n) is 7.20. The van der Waals surface area contributed by atoms with Crippen LogP contribution in [0.3, 0.4) is 0 Å². The number of ether oxygens (including phenoxy) is 1. The number of rotatable bonds is 4.